The first-order chi connectivity index (χ1) is 17.1. The first-order valence-corrected chi connectivity index (χ1v) is 10.5. The summed E-state index contributed by atoms with van der Waals surface area (Å²) in [7, 11) is 1.39. The maximum Gasteiger partial charge on any atom is 0.416 e. The number of alkyl halides is 6. The maximum absolute atomic E-state index is 13.1. The molecule has 1 amide bonds. The molecule has 0 saturated heterocycles. The fraction of sp³-hybridized carbons (Fsp3) is 0.200. The Labute approximate surface area is 207 Å². The molecular formula is C25H21F6N3O3. The molecule has 0 unspecified atom stereocenters. The van der Waals surface area contributed by atoms with Crippen LogP contribution in [0.3, 0.4) is 0 Å². The quantitative estimate of drug-likeness (QED) is 0.266. The lowest BCUT2D eigenvalue weighted by Gasteiger charge is -2.18. The van der Waals surface area contributed by atoms with Crippen LogP contribution in [0, 0.1) is 13.8 Å². The van der Waals surface area contributed by atoms with Crippen molar-refractivity contribution in [2.24, 2.45) is 0 Å². The SMILES string of the molecule is C=C(c1nccc(Oc2ccc(NC(=O)c3cc(C(F)(F)F)cc(C(F)(F)F)c3)cc2C)c1C)N(C)O. The number of carbonyl (C=O) groups excluding carboxylic acids is 1. The Hall–Kier alpha value is -4.06. The molecule has 2 N–H and O–H groups in total. The third-order valence-electron chi connectivity index (χ3n) is 5.32. The van der Waals surface area contributed by atoms with Crippen molar-refractivity contribution in [1.29, 1.82) is 0 Å². The number of benzene rings is 2. The van der Waals surface area contributed by atoms with Gasteiger partial charge in [0.15, 0.2) is 0 Å². The summed E-state index contributed by atoms with van der Waals surface area (Å²) in [5.41, 5.74) is -2.13. The normalized spacial score (nSPS) is 11.7. The number of ether oxygens (including phenoxy) is 1. The average Bonchev–Trinajstić information content (AvgIpc) is 2.80. The van der Waals surface area contributed by atoms with E-state index in [-0.39, 0.29) is 17.5 Å². The zero-order valence-corrected chi connectivity index (χ0v) is 19.8. The number of amides is 1. The highest BCUT2D eigenvalue weighted by atomic mass is 19.4. The molecule has 0 saturated carbocycles. The Kier molecular flexibility index (Phi) is 7.54. The Morgan fingerprint density at radius 3 is 2.08 bits per heavy atom. The molecule has 0 aliphatic rings. The number of aromatic nitrogens is 1. The fourth-order valence-corrected chi connectivity index (χ4v) is 3.32. The topological polar surface area (TPSA) is 74.7 Å². The number of aryl methyl sites for hydroxylation is 1. The Morgan fingerprint density at radius 2 is 1.57 bits per heavy atom. The van der Waals surface area contributed by atoms with E-state index < -0.39 is 35.0 Å². The molecule has 0 radical (unpaired) electrons. The molecule has 0 aliphatic heterocycles. The lowest BCUT2D eigenvalue weighted by atomic mass is 10.0. The molecule has 0 bridgehead atoms. The number of hydrogen-bond acceptors (Lipinski definition) is 5. The molecule has 196 valence electrons. The van der Waals surface area contributed by atoms with Crippen molar-refractivity contribution in [2.45, 2.75) is 26.2 Å². The number of anilines is 1. The van der Waals surface area contributed by atoms with Gasteiger partial charge in [0.05, 0.1) is 22.5 Å². The summed E-state index contributed by atoms with van der Waals surface area (Å²) in [6.07, 6.45) is -8.69. The van der Waals surface area contributed by atoms with Gasteiger partial charge in [-0.1, -0.05) is 6.58 Å². The number of carbonyl (C=O) groups is 1. The minimum Gasteiger partial charge on any atom is -0.457 e. The number of nitrogens with zero attached hydrogens (tertiary/aromatic N) is 2. The van der Waals surface area contributed by atoms with E-state index >= 15 is 0 Å². The molecule has 6 nitrogen and oxygen atoms in total. The number of halogens is 6. The predicted molar refractivity (Wildman–Crippen MR) is 123 cm³/mol. The smallest absolute Gasteiger partial charge is 0.416 e. The molecule has 37 heavy (non-hydrogen) atoms. The van der Waals surface area contributed by atoms with E-state index in [1.54, 1.807) is 19.9 Å². The van der Waals surface area contributed by atoms with Crippen LogP contribution in [-0.4, -0.2) is 28.2 Å². The highest BCUT2D eigenvalue weighted by Gasteiger charge is 2.37. The summed E-state index contributed by atoms with van der Waals surface area (Å²) in [4.78, 5) is 16.7. The van der Waals surface area contributed by atoms with Crippen molar-refractivity contribution in [3.05, 3.63) is 88.8 Å². The fourth-order valence-electron chi connectivity index (χ4n) is 3.32. The first-order valence-electron chi connectivity index (χ1n) is 10.5. The van der Waals surface area contributed by atoms with Gasteiger partial charge in [0.2, 0.25) is 0 Å². The summed E-state index contributed by atoms with van der Waals surface area (Å²) in [5, 5.41) is 12.7. The van der Waals surface area contributed by atoms with E-state index in [1.165, 1.54) is 31.4 Å². The summed E-state index contributed by atoms with van der Waals surface area (Å²) in [5.74, 6) is -0.387. The van der Waals surface area contributed by atoms with Crippen LogP contribution in [0.5, 0.6) is 11.5 Å². The number of pyridine rings is 1. The molecule has 3 rings (SSSR count). The Bertz CT molecular complexity index is 1320. The minimum absolute atomic E-state index is 0.0481. The lowest BCUT2D eigenvalue weighted by Crippen LogP contribution is -2.17. The third-order valence-corrected chi connectivity index (χ3v) is 5.32. The van der Waals surface area contributed by atoms with Gasteiger partial charge in [0.25, 0.3) is 5.91 Å². The third kappa shape index (κ3) is 6.39. The maximum atomic E-state index is 13.1. The van der Waals surface area contributed by atoms with Gasteiger partial charge in [0.1, 0.15) is 11.5 Å². The van der Waals surface area contributed by atoms with Gasteiger partial charge >= 0.3 is 12.4 Å². The van der Waals surface area contributed by atoms with Crippen LogP contribution < -0.4 is 10.1 Å². The number of rotatable bonds is 6. The Balaban J connectivity index is 1.86. The van der Waals surface area contributed by atoms with Crippen molar-refractivity contribution in [1.82, 2.24) is 10.0 Å². The summed E-state index contributed by atoms with van der Waals surface area (Å²) in [6, 6.07) is 6.56. The van der Waals surface area contributed by atoms with Gasteiger partial charge in [-0.25, -0.2) is 0 Å². The monoisotopic (exact) mass is 525 g/mol. The van der Waals surface area contributed by atoms with E-state index in [1.807, 2.05) is 0 Å². The molecule has 0 spiro atoms. The van der Waals surface area contributed by atoms with Gasteiger partial charge in [-0.3, -0.25) is 20.0 Å². The van der Waals surface area contributed by atoms with Crippen LogP contribution in [0.2, 0.25) is 0 Å². The van der Waals surface area contributed by atoms with Crippen LogP contribution >= 0.6 is 0 Å². The van der Waals surface area contributed by atoms with Crippen LogP contribution in [0.4, 0.5) is 32.0 Å². The molecular weight excluding hydrogens is 504 g/mol. The van der Waals surface area contributed by atoms with Gasteiger partial charge in [0, 0.05) is 30.1 Å². The van der Waals surface area contributed by atoms with Crippen LogP contribution in [-0.2, 0) is 12.4 Å². The standard InChI is InChI=1S/C25H21F6N3O3/c1-13-9-19(5-6-20(13)37-21-7-8-32-22(14(21)2)15(3)34(4)36)33-23(35)16-10-17(24(26,27)28)12-18(11-16)25(29,30)31/h5-12,36H,3H2,1-2,4H3,(H,33,35). The van der Waals surface area contributed by atoms with E-state index in [9.17, 15) is 36.3 Å². The molecule has 1 aromatic heterocycles. The van der Waals surface area contributed by atoms with Gasteiger partial charge < -0.3 is 10.1 Å². The second-order valence-electron chi connectivity index (χ2n) is 8.08. The van der Waals surface area contributed by atoms with Gasteiger partial charge in [-0.15, -0.1) is 0 Å². The summed E-state index contributed by atoms with van der Waals surface area (Å²) in [6.45, 7) is 7.09. The molecule has 3 aromatic rings. The van der Waals surface area contributed by atoms with Crippen molar-refractivity contribution in [2.75, 3.05) is 12.4 Å². The van der Waals surface area contributed by atoms with Crippen LogP contribution in [0.1, 0.15) is 38.3 Å². The number of nitrogens with one attached hydrogen (secondary N) is 1. The molecule has 2 aromatic carbocycles. The van der Waals surface area contributed by atoms with E-state index in [4.69, 9.17) is 4.74 Å². The molecule has 1 heterocycles. The number of hydrogen-bond donors (Lipinski definition) is 2. The van der Waals surface area contributed by atoms with E-state index in [2.05, 4.69) is 16.9 Å². The summed E-state index contributed by atoms with van der Waals surface area (Å²) < 4.78 is 84.5. The predicted octanol–water partition coefficient (Wildman–Crippen LogP) is 7.07. The summed E-state index contributed by atoms with van der Waals surface area (Å²) >= 11 is 0. The largest absolute Gasteiger partial charge is 0.457 e. The highest BCUT2D eigenvalue weighted by molar-refractivity contribution is 6.04. The molecule has 12 heteroatoms. The van der Waals surface area contributed by atoms with Gasteiger partial charge in [-0.2, -0.15) is 26.3 Å². The highest BCUT2D eigenvalue weighted by Crippen LogP contribution is 2.37. The average molecular weight is 525 g/mol. The number of hydroxylamine groups is 2. The van der Waals surface area contributed by atoms with E-state index in [0.717, 1.165) is 5.06 Å². The van der Waals surface area contributed by atoms with Crippen molar-refractivity contribution in [3.8, 4) is 11.5 Å². The Morgan fingerprint density at radius 1 is 0.973 bits per heavy atom. The van der Waals surface area contributed by atoms with Crippen molar-refractivity contribution >= 4 is 17.3 Å². The second-order valence-corrected chi connectivity index (χ2v) is 8.08. The molecule has 0 atom stereocenters. The van der Waals surface area contributed by atoms with Crippen LogP contribution in [0.15, 0.2) is 55.2 Å². The van der Waals surface area contributed by atoms with Gasteiger partial charge in [-0.05, 0) is 61.9 Å². The minimum atomic E-state index is -5.07. The zero-order chi connectivity index (χ0) is 27.7. The molecule has 0 aliphatic carbocycles. The van der Waals surface area contributed by atoms with Crippen molar-refractivity contribution < 1.29 is 41.1 Å². The lowest BCUT2D eigenvalue weighted by molar-refractivity contribution is -0.143. The van der Waals surface area contributed by atoms with E-state index in [0.29, 0.717) is 40.5 Å². The zero-order valence-electron chi connectivity index (χ0n) is 19.8. The van der Waals surface area contributed by atoms with Crippen LogP contribution in [0.25, 0.3) is 5.70 Å². The second kappa shape index (κ2) is 10.1. The molecule has 0 fully saturated rings. The first kappa shape index (κ1) is 27.5. The van der Waals surface area contributed by atoms with Crippen molar-refractivity contribution in [3.63, 3.8) is 0 Å².